The number of rotatable bonds is 7. The highest BCUT2D eigenvalue weighted by Gasteiger charge is 2.11. The molecule has 2 unspecified atom stereocenters. The van der Waals surface area contributed by atoms with Crippen molar-refractivity contribution in [3.8, 4) is 0 Å². The second-order valence-corrected chi connectivity index (χ2v) is 5.59. The minimum atomic E-state index is 0.311. The summed E-state index contributed by atoms with van der Waals surface area (Å²) in [5, 5.41) is 0. The molecule has 0 aromatic carbocycles. The smallest absolute Gasteiger partial charge is 0.0404 e. The first-order valence-corrected chi connectivity index (χ1v) is 6.73. The summed E-state index contributed by atoms with van der Waals surface area (Å²) < 4.78 is 0. The molecule has 0 aliphatic carbocycles. The van der Waals surface area contributed by atoms with Crippen molar-refractivity contribution in [2.45, 2.75) is 52.5 Å². The standard InChI is InChI=1S/C15H26N2/c1-12(2)10-13(3)11-14(16)7-8-15-6-4-5-9-17-15/h4-6,9,12-14H,7-8,10-11,16H2,1-3H3. The molecule has 2 atom stereocenters. The van der Waals surface area contributed by atoms with Crippen molar-refractivity contribution in [3.05, 3.63) is 30.1 Å². The van der Waals surface area contributed by atoms with E-state index in [0.29, 0.717) is 6.04 Å². The molecule has 0 bridgehead atoms. The zero-order valence-corrected chi connectivity index (χ0v) is 11.4. The van der Waals surface area contributed by atoms with Crippen molar-refractivity contribution in [2.75, 3.05) is 0 Å². The first-order valence-electron chi connectivity index (χ1n) is 6.73. The largest absolute Gasteiger partial charge is 0.328 e. The molecule has 0 saturated carbocycles. The Morgan fingerprint density at radius 1 is 1.18 bits per heavy atom. The summed E-state index contributed by atoms with van der Waals surface area (Å²) in [6.45, 7) is 6.85. The predicted molar refractivity (Wildman–Crippen MR) is 73.8 cm³/mol. The highest BCUT2D eigenvalue weighted by molar-refractivity contribution is 5.03. The van der Waals surface area contributed by atoms with Gasteiger partial charge in [-0.25, -0.2) is 0 Å². The van der Waals surface area contributed by atoms with Crippen LogP contribution in [0.4, 0.5) is 0 Å². The molecule has 2 heteroatoms. The molecule has 1 heterocycles. The van der Waals surface area contributed by atoms with Crippen molar-refractivity contribution < 1.29 is 0 Å². The first kappa shape index (κ1) is 14.2. The highest BCUT2D eigenvalue weighted by atomic mass is 14.7. The summed E-state index contributed by atoms with van der Waals surface area (Å²) in [5.74, 6) is 1.50. The average Bonchev–Trinajstić information content (AvgIpc) is 2.26. The zero-order valence-electron chi connectivity index (χ0n) is 11.4. The van der Waals surface area contributed by atoms with E-state index in [2.05, 4.69) is 31.8 Å². The van der Waals surface area contributed by atoms with Crippen molar-refractivity contribution in [1.29, 1.82) is 0 Å². The molecule has 96 valence electrons. The van der Waals surface area contributed by atoms with Gasteiger partial charge in [-0.15, -0.1) is 0 Å². The maximum Gasteiger partial charge on any atom is 0.0404 e. The third-order valence-electron chi connectivity index (χ3n) is 3.08. The van der Waals surface area contributed by atoms with Crippen LogP contribution in [-0.4, -0.2) is 11.0 Å². The highest BCUT2D eigenvalue weighted by Crippen LogP contribution is 2.17. The number of nitrogens with two attached hydrogens (primary N) is 1. The van der Waals surface area contributed by atoms with Crippen molar-refractivity contribution in [3.63, 3.8) is 0 Å². The lowest BCUT2D eigenvalue weighted by Gasteiger charge is -2.18. The Hall–Kier alpha value is -0.890. The van der Waals surface area contributed by atoms with Crippen molar-refractivity contribution in [2.24, 2.45) is 17.6 Å². The molecule has 17 heavy (non-hydrogen) atoms. The van der Waals surface area contributed by atoms with Crippen molar-refractivity contribution in [1.82, 2.24) is 4.98 Å². The summed E-state index contributed by atoms with van der Waals surface area (Å²) in [7, 11) is 0. The Bertz CT molecular complexity index is 295. The lowest BCUT2D eigenvalue weighted by Crippen LogP contribution is -2.24. The number of pyridine rings is 1. The summed E-state index contributed by atoms with van der Waals surface area (Å²) in [6.07, 6.45) is 6.29. The van der Waals surface area contributed by atoms with Gasteiger partial charge < -0.3 is 5.73 Å². The normalized spacial score (nSPS) is 14.9. The fourth-order valence-corrected chi connectivity index (χ4v) is 2.41. The van der Waals surface area contributed by atoms with Crippen LogP contribution in [-0.2, 0) is 6.42 Å². The third-order valence-corrected chi connectivity index (χ3v) is 3.08. The molecule has 0 spiro atoms. The van der Waals surface area contributed by atoms with Gasteiger partial charge >= 0.3 is 0 Å². The molecule has 2 nitrogen and oxygen atoms in total. The second kappa shape index (κ2) is 7.44. The van der Waals surface area contributed by atoms with E-state index < -0.39 is 0 Å². The van der Waals surface area contributed by atoms with Crippen LogP contribution < -0.4 is 5.73 Å². The molecule has 2 N–H and O–H groups in total. The molecule has 0 fully saturated rings. The molecule has 0 radical (unpaired) electrons. The van der Waals surface area contributed by atoms with Crippen LogP contribution in [0.3, 0.4) is 0 Å². The van der Waals surface area contributed by atoms with Crippen LogP contribution in [0.1, 0.15) is 45.7 Å². The second-order valence-electron chi connectivity index (χ2n) is 5.59. The van der Waals surface area contributed by atoms with Crippen LogP contribution in [0.5, 0.6) is 0 Å². The molecular formula is C15H26N2. The maximum absolute atomic E-state index is 6.17. The fraction of sp³-hybridized carbons (Fsp3) is 0.667. The first-order chi connectivity index (χ1) is 8.08. The maximum atomic E-state index is 6.17. The van der Waals surface area contributed by atoms with Gasteiger partial charge in [0.05, 0.1) is 0 Å². The average molecular weight is 234 g/mol. The summed E-state index contributed by atoms with van der Waals surface area (Å²) in [6, 6.07) is 6.37. The van der Waals surface area contributed by atoms with Gasteiger partial charge in [0.2, 0.25) is 0 Å². The number of nitrogens with zero attached hydrogens (tertiary/aromatic N) is 1. The van der Waals surface area contributed by atoms with Crippen LogP contribution in [0.15, 0.2) is 24.4 Å². The van der Waals surface area contributed by atoms with E-state index in [1.807, 2.05) is 18.3 Å². The number of aromatic nitrogens is 1. The molecular weight excluding hydrogens is 208 g/mol. The number of hydrogen-bond donors (Lipinski definition) is 1. The number of aryl methyl sites for hydroxylation is 1. The summed E-state index contributed by atoms with van der Waals surface area (Å²) in [4.78, 5) is 4.32. The van der Waals surface area contributed by atoms with Gasteiger partial charge in [-0.3, -0.25) is 4.98 Å². The quantitative estimate of drug-likeness (QED) is 0.785. The summed E-state index contributed by atoms with van der Waals surface area (Å²) in [5.41, 5.74) is 7.32. The molecule has 0 saturated heterocycles. The zero-order chi connectivity index (χ0) is 12.7. The van der Waals surface area contributed by atoms with E-state index >= 15 is 0 Å². The molecule has 0 aliphatic heterocycles. The van der Waals surface area contributed by atoms with Gasteiger partial charge in [0.15, 0.2) is 0 Å². The minimum absolute atomic E-state index is 0.311. The lowest BCUT2D eigenvalue weighted by molar-refractivity contribution is 0.375. The van der Waals surface area contributed by atoms with Crippen LogP contribution in [0.2, 0.25) is 0 Å². The monoisotopic (exact) mass is 234 g/mol. The van der Waals surface area contributed by atoms with Crippen LogP contribution in [0.25, 0.3) is 0 Å². The Labute approximate surface area is 106 Å². The van der Waals surface area contributed by atoms with E-state index in [0.717, 1.165) is 36.8 Å². The van der Waals surface area contributed by atoms with Crippen LogP contribution in [0, 0.1) is 11.8 Å². The van der Waals surface area contributed by atoms with Gasteiger partial charge in [-0.05, 0) is 49.7 Å². The van der Waals surface area contributed by atoms with Gasteiger partial charge in [0, 0.05) is 17.9 Å². The van der Waals surface area contributed by atoms with E-state index in [1.54, 1.807) is 0 Å². The van der Waals surface area contributed by atoms with E-state index in [9.17, 15) is 0 Å². The van der Waals surface area contributed by atoms with Crippen LogP contribution >= 0.6 is 0 Å². The van der Waals surface area contributed by atoms with E-state index in [-0.39, 0.29) is 0 Å². The summed E-state index contributed by atoms with van der Waals surface area (Å²) >= 11 is 0. The fourth-order valence-electron chi connectivity index (χ4n) is 2.41. The molecule has 1 aromatic heterocycles. The van der Waals surface area contributed by atoms with E-state index in [1.165, 1.54) is 6.42 Å². The van der Waals surface area contributed by atoms with Crippen molar-refractivity contribution >= 4 is 0 Å². The predicted octanol–water partition coefficient (Wildman–Crippen LogP) is 3.41. The Balaban J connectivity index is 2.23. The molecule has 1 aromatic rings. The van der Waals surface area contributed by atoms with E-state index in [4.69, 9.17) is 5.73 Å². The Morgan fingerprint density at radius 3 is 2.53 bits per heavy atom. The topological polar surface area (TPSA) is 38.9 Å². The molecule has 1 rings (SSSR count). The van der Waals surface area contributed by atoms with Gasteiger partial charge in [-0.2, -0.15) is 0 Å². The van der Waals surface area contributed by atoms with Gasteiger partial charge in [0.1, 0.15) is 0 Å². The molecule has 0 amide bonds. The van der Waals surface area contributed by atoms with Gasteiger partial charge in [0.25, 0.3) is 0 Å². The lowest BCUT2D eigenvalue weighted by atomic mass is 9.91. The molecule has 0 aliphatic rings. The number of hydrogen-bond acceptors (Lipinski definition) is 2. The Kier molecular flexibility index (Phi) is 6.20. The third kappa shape index (κ3) is 6.42. The van der Waals surface area contributed by atoms with Gasteiger partial charge in [-0.1, -0.05) is 26.8 Å². The minimum Gasteiger partial charge on any atom is -0.328 e. The SMILES string of the molecule is CC(C)CC(C)CC(N)CCc1ccccn1. The Morgan fingerprint density at radius 2 is 1.94 bits per heavy atom.